The molecule has 0 saturated carbocycles. The molecule has 1 aliphatic heterocycles. The maximum Gasteiger partial charge on any atom is 0.419 e. The summed E-state index contributed by atoms with van der Waals surface area (Å²) in [5, 5.41) is 0. The lowest BCUT2D eigenvalue weighted by atomic mass is 10.1. The first-order chi connectivity index (χ1) is 16.1. The predicted molar refractivity (Wildman–Crippen MR) is 120 cm³/mol. The van der Waals surface area contributed by atoms with Crippen LogP contribution in [0.2, 0.25) is 0 Å². The molecule has 0 aliphatic carbocycles. The molecule has 34 heavy (non-hydrogen) atoms. The van der Waals surface area contributed by atoms with Gasteiger partial charge in [0.05, 0.1) is 22.3 Å². The first-order valence-electron chi connectivity index (χ1n) is 10.4. The van der Waals surface area contributed by atoms with Crippen LogP contribution in [0.15, 0.2) is 71.9 Å². The van der Waals surface area contributed by atoms with Gasteiger partial charge in [0.2, 0.25) is 0 Å². The maximum atomic E-state index is 13.5. The predicted octanol–water partition coefficient (Wildman–Crippen LogP) is 4.78. The minimum absolute atomic E-state index is 0.0370. The van der Waals surface area contributed by atoms with E-state index in [-0.39, 0.29) is 10.6 Å². The molecule has 0 bridgehead atoms. The van der Waals surface area contributed by atoms with Crippen molar-refractivity contribution in [1.29, 1.82) is 0 Å². The minimum atomic E-state index is -4.64. The van der Waals surface area contributed by atoms with E-state index in [1.165, 1.54) is 30.5 Å². The van der Waals surface area contributed by atoms with Crippen LogP contribution >= 0.6 is 0 Å². The van der Waals surface area contributed by atoms with Crippen LogP contribution in [0.3, 0.4) is 0 Å². The molecule has 7 nitrogen and oxygen atoms in total. The van der Waals surface area contributed by atoms with Gasteiger partial charge in [0.25, 0.3) is 10.0 Å². The van der Waals surface area contributed by atoms with E-state index < -0.39 is 33.6 Å². The van der Waals surface area contributed by atoms with Crippen LogP contribution < -0.4 is 14.2 Å². The number of benzene rings is 2. The van der Waals surface area contributed by atoms with Crippen molar-refractivity contribution in [2.45, 2.75) is 23.6 Å². The number of nitrogens with one attached hydrogen (secondary N) is 1. The Balaban J connectivity index is 1.53. The van der Waals surface area contributed by atoms with Gasteiger partial charge in [0, 0.05) is 25.4 Å². The fraction of sp³-hybridized carbons (Fsp3) is 0.261. The second kappa shape index (κ2) is 9.51. The van der Waals surface area contributed by atoms with Crippen LogP contribution in [0.1, 0.15) is 12.0 Å². The van der Waals surface area contributed by atoms with Gasteiger partial charge < -0.3 is 14.4 Å². The Kier molecular flexibility index (Phi) is 6.67. The number of pyridine rings is 1. The number of ether oxygens (including phenoxy) is 2. The number of likely N-dealkylation sites (tertiary alicyclic amines) is 1. The standard InChI is InChI=1S/C23H22F3N3O4S/c1-29-12-10-19(15-29)33-22-13-16(4-9-21(22)23(24,25)26)28-34(30,31)20-7-5-17(6-8-20)32-18-3-2-11-27-14-18/h2-9,11,13-14,19,28H,10,12,15H2,1H3/t19-/m1/s1. The third-order valence-electron chi connectivity index (χ3n) is 5.19. The van der Waals surface area contributed by atoms with Crippen LogP contribution in [-0.4, -0.2) is 44.5 Å². The molecule has 1 fully saturated rings. The number of nitrogens with zero attached hydrogens (tertiary/aromatic N) is 2. The third kappa shape index (κ3) is 5.78. The molecule has 1 atom stereocenters. The van der Waals surface area contributed by atoms with Crippen molar-refractivity contribution in [3.63, 3.8) is 0 Å². The monoisotopic (exact) mass is 493 g/mol. The van der Waals surface area contributed by atoms with Gasteiger partial charge in [-0.15, -0.1) is 0 Å². The number of hydrogen-bond donors (Lipinski definition) is 1. The van der Waals surface area contributed by atoms with Gasteiger partial charge in [-0.2, -0.15) is 13.2 Å². The lowest BCUT2D eigenvalue weighted by molar-refractivity contribution is -0.139. The lowest BCUT2D eigenvalue weighted by Gasteiger charge is -2.19. The molecule has 2 heterocycles. The van der Waals surface area contributed by atoms with E-state index >= 15 is 0 Å². The van der Waals surface area contributed by atoms with Crippen molar-refractivity contribution in [3.8, 4) is 17.2 Å². The molecule has 180 valence electrons. The highest BCUT2D eigenvalue weighted by molar-refractivity contribution is 7.92. The average Bonchev–Trinajstić information content (AvgIpc) is 3.18. The minimum Gasteiger partial charge on any atom is -0.488 e. The SMILES string of the molecule is CN1CC[C@@H](Oc2cc(NS(=O)(=O)c3ccc(Oc4cccnc4)cc3)ccc2C(F)(F)F)C1. The molecule has 0 amide bonds. The highest BCUT2D eigenvalue weighted by Gasteiger charge is 2.36. The summed E-state index contributed by atoms with van der Waals surface area (Å²) < 4.78 is 79.6. The Morgan fingerprint density at radius 3 is 2.47 bits per heavy atom. The normalized spacial score (nSPS) is 16.9. The number of likely N-dealkylation sites (N-methyl/N-ethyl adjacent to an activating group) is 1. The Morgan fingerprint density at radius 1 is 1.09 bits per heavy atom. The molecule has 0 spiro atoms. The summed E-state index contributed by atoms with van der Waals surface area (Å²) in [5.41, 5.74) is -0.994. The summed E-state index contributed by atoms with van der Waals surface area (Å²) in [6.45, 7) is 1.19. The summed E-state index contributed by atoms with van der Waals surface area (Å²) in [5.74, 6) is 0.480. The van der Waals surface area contributed by atoms with Gasteiger partial charge in [-0.1, -0.05) is 0 Å². The van der Waals surface area contributed by atoms with E-state index in [9.17, 15) is 21.6 Å². The van der Waals surface area contributed by atoms with Crippen LogP contribution in [0.5, 0.6) is 17.2 Å². The summed E-state index contributed by atoms with van der Waals surface area (Å²) >= 11 is 0. The number of rotatable bonds is 7. The summed E-state index contributed by atoms with van der Waals surface area (Å²) in [6, 6.07) is 12.0. The van der Waals surface area contributed by atoms with Gasteiger partial charge in [-0.25, -0.2) is 8.42 Å². The molecule has 1 N–H and O–H groups in total. The van der Waals surface area contributed by atoms with Crippen LogP contribution in [0.4, 0.5) is 18.9 Å². The zero-order valence-electron chi connectivity index (χ0n) is 18.1. The van der Waals surface area contributed by atoms with Crippen molar-refractivity contribution in [1.82, 2.24) is 9.88 Å². The number of hydrogen-bond acceptors (Lipinski definition) is 6. The molecular formula is C23H22F3N3O4S. The quantitative estimate of drug-likeness (QED) is 0.511. The summed E-state index contributed by atoms with van der Waals surface area (Å²) in [6.07, 6.45) is -1.36. The first kappa shape index (κ1) is 23.8. The first-order valence-corrected chi connectivity index (χ1v) is 11.9. The third-order valence-corrected chi connectivity index (χ3v) is 6.58. The molecule has 3 aromatic rings. The van der Waals surface area contributed by atoms with E-state index in [0.717, 1.165) is 18.2 Å². The summed E-state index contributed by atoms with van der Waals surface area (Å²) in [4.78, 5) is 5.81. The molecule has 1 aromatic heterocycles. The highest BCUT2D eigenvalue weighted by Crippen LogP contribution is 2.39. The van der Waals surface area contributed by atoms with Crippen molar-refractivity contribution in [2.75, 3.05) is 24.9 Å². The molecule has 0 radical (unpaired) electrons. The van der Waals surface area contributed by atoms with E-state index in [1.54, 1.807) is 18.3 Å². The molecule has 1 saturated heterocycles. The van der Waals surface area contributed by atoms with E-state index in [4.69, 9.17) is 9.47 Å². The maximum absolute atomic E-state index is 13.5. The second-order valence-electron chi connectivity index (χ2n) is 7.87. The fourth-order valence-electron chi connectivity index (χ4n) is 3.53. The van der Waals surface area contributed by atoms with Gasteiger partial charge in [0.15, 0.2) is 0 Å². The molecular weight excluding hydrogens is 471 g/mol. The van der Waals surface area contributed by atoms with Gasteiger partial charge >= 0.3 is 6.18 Å². The van der Waals surface area contributed by atoms with Crippen LogP contribution in [0, 0.1) is 0 Å². The molecule has 0 unspecified atom stereocenters. The van der Waals surface area contributed by atoms with Crippen LogP contribution in [0.25, 0.3) is 0 Å². The number of sulfonamides is 1. The van der Waals surface area contributed by atoms with Gasteiger partial charge in [0.1, 0.15) is 23.4 Å². The smallest absolute Gasteiger partial charge is 0.419 e. The van der Waals surface area contributed by atoms with Crippen molar-refractivity contribution in [2.24, 2.45) is 0 Å². The van der Waals surface area contributed by atoms with E-state index in [2.05, 4.69) is 9.71 Å². The topological polar surface area (TPSA) is 80.8 Å². The fourth-order valence-corrected chi connectivity index (χ4v) is 4.58. The average molecular weight is 494 g/mol. The zero-order valence-corrected chi connectivity index (χ0v) is 18.9. The Labute approximate surface area is 195 Å². The Hall–Kier alpha value is -3.31. The Morgan fingerprint density at radius 2 is 1.85 bits per heavy atom. The van der Waals surface area contributed by atoms with Crippen LogP contribution in [-0.2, 0) is 16.2 Å². The molecule has 4 rings (SSSR count). The van der Waals surface area contributed by atoms with E-state index in [1.807, 2.05) is 11.9 Å². The summed E-state index contributed by atoms with van der Waals surface area (Å²) in [7, 11) is -2.21. The Bertz CT molecular complexity index is 1240. The number of aromatic nitrogens is 1. The molecule has 11 heteroatoms. The zero-order chi connectivity index (χ0) is 24.3. The number of anilines is 1. The van der Waals surface area contributed by atoms with Gasteiger partial charge in [-0.3, -0.25) is 9.71 Å². The largest absolute Gasteiger partial charge is 0.488 e. The van der Waals surface area contributed by atoms with Crippen molar-refractivity contribution < 1.29 is 31.1 Å². The van der Waals surface area contributed by atoms with Crippen molar-refractivity contribution in [3.05, 3.63) is 72.6 Å². The molecule has 1 aliphatic rings. The molecule has 2 aromatic carbocycles. The number of alkyl halides is 3. The van der Waals surface area contributed by atoms with Crippen molar-refractivity contribution >= 4 is 15.7 Å². The van der Waals surface area contributed by atoms with Gasteiger partial charge in [-0.05, 0) is 62.0 Å². The second-order valence-corrected chi connectivity index (χ2v) is 9.55. The number of halogens is 3. The highest BCUT2D eigenvalue weighted by atomic mass is 32.2. The van der Waals surface area contributed by atoms with E-state index in [0.29, 0.717) is 31.0 Å². The lowest BCUT2D eigenvalue weighted by Crippen LogP contribution is -2.23.